The first-order valence-electron chi connectivity index (χ1n) is 9.15. The van der Waals surface area contributed by atoms with Gasteiger partial charge in [-0.25, -0.2) is 0 Å². The number of phenols is 1. The molecule has 0 aliphatic rings. The van der Waals surface area contributed by atoms with E-state index < -0.39 is 5.60 Å². The fourth-order valence-corrected chi connectivity index (χ4v) is 2.94. The van der Waals surface area contributed by atoms with Gasteiger partial charge in [0.15, 0.2) is 0 Å². The Balaban J connectivity index is 1.94. The van der Waals surface area contributed by atoms with Gasteiger partial charge in [-0.1, -0.05) is 31.5 Å². The summed E-state index contributed by atoms with van der Waals surface area (Å²) in [5.74, 6) is 1.30. The van der Waals surface area contributed by atoms with Crippen LogP contribution in [0.3, 0.4) is 0 Å². The standard InChI is InChI=1S/C22H30O4/c1-16(6-5-11-22(2,3)25)18-7-4-8-20(13-18)26-15-17-9-10-21(24)19(12-17)14-23/h4,7-10,12-13,16,23-25H,5-6,11,14-15H2,1-3H3. The summed E-state index contributed by atoms with van der Waals surface area (Å²) in [6.07, 6.45) is 2.79. The molecule has 2 rings (SSSR count). The average Bonchev–Trinajstić information content (AvgIpc) is 2.60. The lowest BCUT2D eigenvalue weighted by Crippen LogP contribution is -2.18. The minimum Gasteiger partial charge on any atom is -0.508 e. The monoisotopic (exact) mass is 358 g/mol. The van der Waals surface area contributed by atoms with Crippen molar-refractivity contribution < 1.29 is 20.1 Å². The van der Waals surface area contributed by atoms with Crippen molar-refractivity contribution in [1.82, 2.24) is 0 Å². The Morgan fingerprint density at radius 3 is 2.58 bits per heavy atom. The Kier molecular flexibility index (Phi) is 7.06. The number of hydrogen-bond donors (Lipinski definition) is 3. The fraction of sp³-hybridized carbons (Fsp3) is 0.455. The number of aliphatic hydroxyl groups excluding tert-OH is 1. The number of rotatable bonds is 9. The smallest absolute Gasteiger partial charge is 0.121 e. The molecular weight excluding hydrogens is 328 g/mol. The van der Waals surface area contributed by atoms with Crippen LogP contribution in [0.25, 0.3) is 0 Å². The zero-order valence-electron chi connectivity index (χ0n) is 15.9. The molecule has 0 bridgehead atoms. The molecule has 0 aromatic heterocycles. The van der Waals surface area contributed by atoms with Crippen molar-refractivity contribution in [3.63, 3.8) is 0 Å². The molecule has 0 amide bonds. The second-order valence-corrected chi connectivity index (χ2v) is 7.59. The van der Waals surface area contributed by atoms with Crippen LogP contribution >= 0.6 is 0 Å². The molecule has 0 heterocycles. The number of aliphatic hydroxyl groups is 2. The molecule has 142 valence electrons. The second-order valence-electron chi connectivity index (χ2n) is 7.59. The summed E-state index contributed by atoms with van der Waals surface area (Å²) >= 11 is 0. The second kappa shape index (κ2) is 9.06. The molecule has 3 N–H and O–H groups in total. The van der Waals surface area contributed by atoms with Gasteiger partial charge in [-0.15, -0.1) is 0 Å². The van der Waals surface area contributed by atoms with Gasteiger partial charge in [-0.3, -0.25) is 0 Å². The van der Waals surface area contributed by atoms with E-state index >= 15 is 0 Å². The van der Waals surface area contributed by atoms with Crippen LogP contribution < -0.4 is 4.74 Å². The van der Waals surface area contributed by atoms with E-state index in [0.29, 0.717) is 18.1 Å². The van der Waals surface area contributed by atoms with Gasteiger partial charge in [0.05, 0.1) is 12.2 Å². The molecule has 0 aliphatic heterocycles. The highest BCUT2D eigenvalue weighted by Gasteiger charge is 2.14. The molecule has 26 heavy (non-hydrogen) atoms. The SMILES string of the molecule is CC(CCCC(C)(C)O)c1cccc(OCc2ccc(O)c(CO)c2)c1. The van der Waals surface area contributed by atoms with E-state index in [9.17, 15) is 15.3 Å². The molecule has 2 aromatic rings. The van der Waals surface area contributed by atoms with Crippen LogP contribution in [0.1, 0.15) is 62.6 Å². The van der Waals surface area contributed by atoms with Gasteiger partial charge in [0.1, 0.15) is 18.1 Å². The fourth-order valence-electron chi connectivity index (χ4n) is 2.94. The summed E-state index contributed by atoms with van der Waals surface area (Å²) in [7, 11) is 0. The zero-order chi connectivity index (χ0) is 19.2. The predicted octanol–water partition coefficient (Wildman–Crippen LogP) is 4.51. The molecule has 0 saturated heterocycles. The third-order valence-corrected chi connectivity index (χ3v) is 4.57. The van der Waals surface area contributed by atoms with Gasteiger partial charge in [-0.05, 0) is 68.0 Å². The molecule has 4 nitrogen and oxygen atoms in total. The zero-order valence-corrected chi connectivity index (χ0v) is 15.9. The van der Waals surface area contributed by atoms with Crippen molar-refractivity contribution in [3.8, 4) is 11.5 Å². The van der Waals surface area contributed by atoms with Gasteiger partial charge in [0.25, 0.3) is 0 Å². The molecule has 0 radical (unpaired) electrons. The van der Waals surface area contributed by atoms with E-state index in [1.807, 2.05) is 26.0 Å². The molecule has 1 atom stereocenters. The lowest BCUT2D eigenvalue weighted by molar-refractivity contribution is 0.0678. The first kappa shape index (κ1) is 20.3. The van der Waals surface area contributed by atoms with Crippen LogP contribution in [0.2, 0.25) is 0 Å². The Hall–Kier alpha value is -2.04. The van der Waals surface area contributed by atoms with Gasteiger partial charge < -0.3 is 20.1 Å². The Labute approximate surface area is 156 Å². The van der Waals surface area contributed by atoms with Crippen molar-refractivity contribution in [2.45, 2.75) is 64.8 Å². The van der Waals surface area contributed by atoms with Gasteiger partial charge >= 0.3 is 0 Å². The highest BCUT2D eigenvalue weighted by atomic mass is 16.5. The lowest BCUT2D eigenvalue weighted by atomic mass is 9.92. The maximum Gasteiger partial charge on any atom is 0.121 e. The van der Waals surface area contributed by atoms with Crippen LogP contribution in [0.4, 0.5) is 0 Å². The molecule has 0 aliphatic carbocycles. The molecule has 4 heteroatoms. The van der Waals surface area contributed by atoms with Crippen LogP contribution in [-0.2, 0) is 13.2 Å². The maximum atomic E-state index is 9.83. The van der Waals surface area contributed by atoms with E-state index in [-0.39, 0.29) is 12.4 Å². The quantitative estimate of drug-likeness (QED) is 0.617. The van der Waals surface area contributed by atoms with Gasteiger partial charge in [0, 0.05) is 5.56 Å². The Bertz CT molecular complexity index is 704. The maximum absolute atomic E-state index is 9.83. The third kappa shape index (κ3) is 6.36. The Morgan fingerprint density at radius 1 is 1.12 bits per heavy atom. The van der Waals surface area contributed by atoms with E-state index in [0.717, 1.165) is 30.6 Å². The predicted molar refractivity (Wildman–Crippen MR) is 103 cm³/mol. The van der Waals surface area contributed by atoms with Crippen LogP contribution in [0.15, 0.2) is 42.5 Å². The largest absolute Gasteiger partial charge is 0.508 e. The minimum absolute atomic E-state index is 0.0955. The molecule has 1 unspecified atom stereocenters. The Morgan fingerprint density at radius 2 is 1.88 bits per heavy atom. The molecule has 2 aromatic carbocycles. The van der Waals surface area contributed by atoms with Crippen molar-refractivity contribution in [3.05, 3.63) is 59.2 Å². The summed E-state index contributed by atoms with van der Waals surface area (Å²) in [5.41, 5.74) is 2.01. The molecule has 0 spiro atoms. The highest BCUT2D eigenvalue weighted by Crippen LogP contribution is 2.27. The molecule has 0 saturated carbocycles. The van der Waals surface area contributed by atoms with Crippen molar-refractivity contribution in [2.75, 3.05) is 0 Å². The van der Waals surface area contributed by atoms with E-state index in [2.05, 4.69) is 19.1 Å². The number of hydrogen-bond acceptors (Lipinski definition) is 4. The average molecular weight is 358 g/mol. The van der Waals surface area contributed by atoms with Crippen molar-refractivity contribution in [2.24, 2.45) is 0 Å². The van der Waals surface area contributed by atoms with Crippen LogP contribution in [-0.4, -0.2) is 20.9 Å². The van der Waals surface area contributed by atoms with E-state index in [1.54, 1.807) is 18.2 Å². The summed E-state index contributed by atoms with van der Waals surface area (Å²) in [4.78, 5) is 0. The molecule has 0 fully saturated rings. The minimum atomic E-state index is -0.609. The number of ether oxygens (including phenoxy) is 1. The van der Waals surface area contributed by atoms with Gasteiger partial charge in [0.2, 0.25) is 0 Å². The lowest BCUT2D eigenvalue weighted by Gasteiger charge is -2.19. The van der Waals surface area contributed by atoms with Crippen molar-refractivity contribution >= 4 is 0 Å². The first-order valence-corrected chi connectivity index (χ1v) is 9.15. The van der Waals surface area contributed by atoms with Crippen LogP contribution in [0, 0.1) is 0 Å². The first-order chi connectivity index (χ1) is 12.3. The molecular formula is C22H30O4. The third-order valence-electron chi connectivity index (χ3n) is 4.57. The normalized spacial score (nSPS) is 12.8. The van der Waals surface area contributed by atoms with E-state index in [4.69, 9.17) is 4.74 Å². The number of benzene rings is 2. The summed E-state index contributed by atoms with van der Waals surface area (Å²) < 4.78 is 5.88. The topological polar surface area (TPSA) is 69.9 Å². The van der Waals surface area contributed by atoms with Crippen molar-refractivity contribution in [1.29, 1.82) is 0 Å². The van der Waals surface area contributed by atoms with Gasteiger partial charge in [-0.2, -0.15) is 0 Å². The number of aromatic hydroxyl groups is 1. The van der Waals surface area contributed by atoms with E-state index in [1.165, 1.54) is 5.56 Å². The summed E-state index contributed by atoms with van der Waals surface area (Å²) in [6, 6.07) is 13.2. The highest BCUT2D eigenvalue weighted by molar-refractivity contribution is 5.36. The summed E-state index contributed by atoms with van der Waals surface area (Å²) in [6.45, 7) is 6.06. The summed E-state index contributed by atoms with van der Waals surface area (Å²) in [5, 5.41) is 28.7. The van der Waals surface area contributed by atoms with Crippen LogP contribution in [0.5, 0.6) is 11.5 Å².